The number of carbonyl (C=O) groups is 1. The van der Waals surface area contributed by atoms with Crippen molar-refractivity contribution in [3.8, 4) is 0 Å². The van der Waals surface area contributed by atoms with Crippen molar-refractivity contribution in [3.05, 3.63) is 83.7 Å². The molecule has 0 spiro atoms. The summed E-state index contributed by atoms with van der Waals surface area (Å²) in [6.45, 7) is 0. The molecule has 4 nitrogen and oxygen atoms in total. The lowest BCUT2D eigenvalue weighted by Crippen LogP contribution is -2.15. The van der Waals surface area contributed by atoms with E-state index in [-0.39, 0.29) is 17.1 Å². The minimum Gasteiger partial charge on any atom is -0.355 e. The number of carbonyl (C=O) groups excluding carboxylic acids is 1. The lowest BCUT2D eigenvalue weighted by molar-refractivity contribution is -0.137. The quantitative estimate of drug-likeness (QED) is 0.586. The molecule has 0 atom stereocenters. The van der Waals surface area contributed by atoms with Crippen LogP contribution in [0.25, 0.3) is 0 Å². The Kier molecular flexibility index (Phi) is 5.25. The van der Waals surface area contributed by atoms with Gasteiger partial charge in [0.15, 0.2) is 0 Å². The lowest BCUT2D eigenvalue weighted by Gasteiger charge is -2.11. The van der Waals surface area contributed by atoms with E-state index in [0.717, 1.165) is 24.3 Å². The molecule has 0 aliphatic carbocycles. The van der Waals surface area contributed by atoms with Gasteiger partial charge in [0.2, 0.25) is 0 Å². The van der Waals surface area contributed by atoms with Crippen LogP contribution in [-0.4, -0.2) is 10.9 Å². The van der Waals surface area contributed by atoms with Crippen molar-refractivity contribution in [1.29, 1.82) is 0 Å². The number of benzene rings is 2. The first-order valence-electron chi connectivity index (χ1n) is 7.89. The number of rotatable bonds is 4. The Morgan fingerprint density at radius 2 is 1.68 bits per heavy atom. The molecular formula is C19H12F5N3O. The Bertz CT molecular complexity index is 1020. The van der Waals surface area contributed by atoms with Gasteiger partial charge in [0, 0.05) is 23.6 Å². The van der Waals surface area contributed by atoms with Crippen molar-refractivity contribution >= 4 is 23.0 Å². The summed E-state index contributed by atoms with van der Waals surface area (Å²) >= 11 is 0. The Labute approximate surface area is 156 Å². The number of nitrogens with one attached hydrogen (secondary N) is 2. The first-order valence-corrected chi connectivity index (χ1v) is 7.89. The highest BCUT2D eigenvalue weighted by atomic mass is 19.4. The molecule has 0 radical (unpaired) electrons. The second-order valence-electron chi connectivity index (χ2n) is 5.71. The van der Waals surface area contributed by atoms with E-state index in [2.05, 4.69) is 15.6 Å². The van der Waals surface area contributed by atoms with Gasteiger partial charge in [-0.15, -0.1) is 0 Å². The summed E-state index contributed by atoms with van der Waals surface area (Å²) in [5.74, 6) is -2.51. The summed E-state index contributed by atoms with van der Waals surface area (Å²) in [4.78, 5) is 16.1. The molecule has 2 aromatic carbocycles. The van der Waals surface area contributed by atoms with E-state index in [1.165, 1.54) is 30.5 Å². The molecule has 1 amide bonds. The third-order valence-corrected chi connectivity index (χ3v) is 3.65. The predicted octanol–water partition coefficient (Wildman–Crippen LogP) is 5.37. The van der Waals surface area contributed by atoms with Crippen LogP contribution in [0.15, 0.2) is 60.8 Å². The van der Waals surface area contributed by atoms with E-state index in [9.17, 15) is 26.7 Å². The van der Waals surface area contributed by atoms with E-state index in [1.807, 2.05) is 0 Å². The van der Waals surface area contributed by atoms with Gasteiger partial charge >= 0.3 is 6.18 Å². The van der Waals surface area contributed by atoms with Gasteiger partial charge in [-0.25, -0.2) is 8.78 Å². The molecular weight excluding hydrogens is 381 g/mol. The monoisotopic (exact) mass is 393 g/mol. The largest absolute Gasteiger partial charge is 0.416 e. The van der Waals surface area contributed by atoms with Crippen molar-refractivity contribution in [1.82, 2.24) is 4.98 Å². The van der Waals surface area contributed by atoms with Gasteiger partial charge in [0.05, 0.1) is 11.3 Å². The highest BCUT2D eigenvalue weighted by Crippen LogP contribution is 2.31. The molecule has 0 saturated heterocycles. The van der Waals surface area contributed by atoms with Crippen LogP contribution >= 0.6 is 0 Å². The van der Waals surface area contributed by atoms with E-state index >= 15 is 0 Å². The summed E-state index contributed by atoms with van der Waals surface area (Å²) < 4.78 is 65.0. The predicted molar refractivity (Wildman–Crippen MR) is 93.3 cm³/mol. The van der Waals surface area contributed by atoms with E-state index in [4.69, 9.17) is 0 Å². The molecule has 9 heteroatoms. The minimum atomic E-state index is -4.49. The summed E-state index contributed by atoms with van der Waals surface area (Å²) in [6.07, 6.45) is -3.22. The van der Waals surface area contributed by atoms with Crippen molar-refractivity contribution in [2.24, 2.45) is 0 Å². The van der Waals surface area contributed by atoms with E-state index in [1.54, 1.807) is 0 Å². The molecule has 144 valence electrons. The second-order valence-corrected chi connectivity index (χ2v) is 5.71. The highest BCUT2D eigenvalue weighted by molar-refractivity contribution is 6.03. The van der Waals surface area contributed by atoms with Crippen LogP contribution in [-0.2, 0) is 6.18 Å². The van der Waals surface area contributed by atoms with Crippen LogP contribution < -0.4 is 10.6 Å². The molecule has 0 bridgehead atoms. The topological polar surface area (TPSA) is 54.0 Å². The Morgan fingerprint density at radius 1 is 0.929 bits per heavy atom. The van der Waals surface area contributed by atoms with Crippen molar-refractivity contribution in [3.63, 3.8) is 0 Å². The molecule has 3 rings (SSSR count). The second kappa shape index (κ2) is 7.63. The van der Waals surface area contributed by atoms with Gasteiger partial charge in [0.25, 0.3) is 5.91 Å². The van der Waals surface area contributed by atoms with Crippen molar-refractivity contribution in [2.75, 3.05) is 10.6 Å². The number of nitrogens with zero attached hydrogens (tertiary/aromatic N) is 1. The molecule has 0 aliphatic heterocycles. The number of hydrogen-bond donors (Lipinski definition) is 2. The Balaban J connectivity index is 1.78. The molecule has 3 aromatic rings. The SMILES string of the molecule is O=C(Nc1ccc(F)cc1F)c1cc(Nc2cccc(C(F)(F)F)c2)ccn1. The molecule has 1 aromatic heterocycles. The van der Waals surface area contributed by atoms with Gasteiger partial charge in [0.1, 0.15) is 17.3 Å². The van der Waals surface area contributed by atoms with Crippen LogP contribution in [0.3, 0.4) is 0 Å². The zero-order chi connectivity index (χ0) is 20.3. The summed E-state index contributed by atoms with van der Waals surface area (Å²) in [7, 11) is 0. The highest BCUT2D eigenvalue weighted by Gasteiger charge is 2.30. The number of anilines is 3. The number of pyridine rings is 1. The number of alkyl halides is 3. The van der Waals surface area contributed by atoms with Crippen LogP contribution in [0.5, 0.6) is 0 Å². The van der Waals surface area contributed by atoms with Gasteiger partial charge < -0.3 is 10.6 Å². The molecule has 0 fully saturated rings. The summed E-state index contributed by atoms with van der Waals surface area (Å²) in [5, 5.41) is 5.00. The maximum absolute atomic E-state index is 13.6. The fourth-order valence-corrected chi connectivity index (χ4v) is 2.35. The maximum Gasteiger partial charge on any atom is 0.416 e. The van der Waals surface area contributed by atoms with Gasteiger partial charge in [-0.1, -0.05) is 6.07 Å². The zero-order valence-electron chi connectivity index (χ0n) is 14.0. The molecule has 28 heavy (non-hydrogen) atoms. The molecule has 2 N–H and O–H groups in total. The third kappa shape index (κ3) is 4.61. The number of amides is 1. The summed E-state index contributed by atoms with van der Waals surface area (Å²) in [6, 6.07) is 9.95. The van der Waals surface area contributed by atoms with Crippen LogP contribution in [0.1, 0.15) is 16.1 Å². The minimum absolute atomic E-state index is 0.110. The standard InChI is InChI=1S/C19H12F5N3O/c20-12-4-5-16(15(21)9-12)27-18(28)17-10-14(6-7-25-17)26-13-3-1-2-11(8-13)19(22,23)24/h1-10H,(H,25,26)(H,27,28). The average molecular weight is 393 g/mol. The average Bonchev–Trinajstić information content (AvgIpc) is 2.64. The normalized spacial score (nSPS) is 11.2. The van der Waals surface area contributed by atoms with Gasteiger partial charge in [-0.2, -0.15) is 13.2 Å². The van der Waals surface area contributed by atoms with Crippen LogP contribution in [0, 0.1) is 11.6 Å². The third-order valence-electron chi connectivity index (χ3n) is 3.65. The smallest absolute Gasteiger partial charge is 0.355 e. The lowest BCUT2D eigenvalue weighted by atomic mass is 10.2. The molecule has 0 unspecified atom stereocenters. The first-order chi connectivity index (χ1) is 13.2. The number of halogens is 5. The fraction of sp³-hybridized carbons (Fsp3) is 0.0526. The van der Waals surface area contributed by atoms with Crippen LogP contribution in [0.4, 0.5) is 39.0 Å². The van der Waals surface area contributed by atoms with Crippen molar-refractivity contribution < 1.29 is 26.7 Å². The zero-order valence-corrected chi connectivity index (χ0v) is 14.0. The fourth-order valence-electron chi connectivity index (χ4n) is 2.35. The van der Waals surface area contributed by atoms with Crippen molar-refractivity contribution in [2.45, 2.75) is 6.18 Å². The van der Waals surface area contributed by atoms with Crippen LogP contribution in [0.2, 0.25) is 0 Å². The summed E-state index contributed by atoms with van der Waals surface area (Å²) in [5.41, 5.74) is -0.697. The Morgan fingerprint density at radius 3 is 2.39 bits per heavy atom. The maximum atomic E-state index is 13.6. The van der Waals surface area contributed by atoms with Gasteiger partial charge in [-0.05, 0) is 42.5 Å². The van der Waals surface area contributed by atoms with E-state index < -0.39 is 29.3 Å². The first kappa shape index (κ1) is 19.3. The molecule has 0 aliphatic rings. The van der Waals surface area contributed by atoms with Gasteiger partial charge in [-0.3, -0.25) is 9.78 Å². The van der Waals surface area contributed by atoms with E-state index in [0.29, 0.717) is 11.8 Å². The molecule has 1 heterocycles. The molecule has 0 saturated carbocycles. The Hall–Kier alpha value is -3.49. The number of hydrogen-bond acceptors (Lipinski definition) is 3. The number of aromatic nitrogens is 1.